The second-order valence-corrected chi connectivity index (χ2v) is 7.59. The van der Waals surface area contributed by atoms with Crippen LogP contribution in [0, 0.1) is 27.7 Å². The molecule has 0 unspecified atom stereocenters. The van der Waals surface area contributed by atoms with Crippen LogP contribution in [0.5, 0.6) is 0 Å². The summed E-state index contributed by atoms with van der Waals surface area (Å²) in [6.07, 6.45) is 0. The molecule has 0 saturated heterocycles. The minimum absolute atomic E-state index is 0.118. The average molecular weight is 377 g/mol. The fraction of sp³-hybridized carbons (Fsp3) is 0.200. The normalized spacial score (nSPS) is 11.1. The van der Waals surface area contributed by atoms with E-state index in [4.69, 9.17) is 0 Å². The molecule has 4 aromatic rings. The van der Waals surface area contributed by atoms with Gasteiger partial charge in [0, 0.05) is 16.8 Å². The van der Waals surface area contributed by atoms with Crippen LogP contribution in [0.15, 0.2) is 36.4 Å². The fourth-order valence-corrected chi connectivity index (χ4v) is 3.68. The summed E-state index contributed by atoms with van der Waals surface area (Å²) < 4.78 is 1.73. The first-order valence-electron chi connectivity index (χ1n) is 8.61. The summed E-state index contributed by atoms with van der Waals surface area (Å²) in [5, 5.41) is 16.6. The van der Waals surface area contributed by atoms with Gasteiger partial charge >= 0.3 is 0 Å². The molecule has 2 aromatic carbocycles. The number of anilines is 1. The average Bonchev–Trinajstić information content (AvgIpc) is 3.21. The standard InChI is InChI=1S/C20H19N5OS/c1-11-5-7-15(9-13(11)3)18(26)21-17-10-16(8-6-12(17)2)19-24-25-14(4)22-23-20(25)27-19/h5-10H,1-4H3,(H,21,26). The lowest BCUT2D eigenvalue weighted by atomic mass is 10.1. The number of rotatable bonds is 3. The maximum atomic E-state index is 12.7. The maximum Gasteiger partial charge on any atom is 0.255 e. The molecular formula is C20H19N5OS. The summed E-state index contributed by atoms with van der Waals surface area (Å²) in [6, 6.07) is 11.7. The Kier molecular flexibility index (Phi) is 4.24. The van der Waals surface area contributed by atoms with E-state index in [2.05, 4.69) is 20.6 Å². The predicted molar refractivity (Wildman–Crippen MR) is 107 cm³/mol. The third-order valence-corrected chi connectivity index (χ3v) is 5.60. The molecule has 0 radical (unpaired) electrons. The number of nitrogens with one attached hydrogen (secondary N) is 1. The minimum atomic E-state index is -0.118. The summed E-state index contributed by atoms with van der Waals surface area (Å²) in [5.74, 6) is 0.634. The Morgan fingerprint density at radius 1 is 0.963 bits per heavy atom. The zero-order valence-electron chi connectivity index (χ0n) is 15.6. The molecule has 2 heterocycles. The summed E-state index contributed by atoms with van der Waals surface area (Å²) in [7, 11) is 0. The number of fused-ring (bicyclic) bond motifs is 1. The van der Waals surface area contributed by atoms with Gasteiger partial charge in [0.2, 0.25) is 4.96 Å². The molecule has 2 aromatic heterocycles. The van der Waals surface area contributed by atoms with Crippen molar-refractivity contribution < 1.29 is 4.79 Å². The largest absolute Gasteiger partial charge is 0.322 e. The van der Waals surface area contributed by atoms with E-state index in [1.54, 1.807) is 4.52 Å². The highest BCUT2D eigenvalue weighted by atomic mass is 32.1. The zero-order valence-corrected chi connectivity index (χ0v) is 16.4. The molecular weight excluding hydrogens is 358 g/mol. The second-order valence-electron chi connectivity index (χ2n) is 6.63. The number of carbonyl (C=O) groups is 1. The molecule has 0 aliphatic carbocycles. The van der Waals surface area contributed by atoms with E-state index in [0.717, 1.165) is 38.2 Å². The second kappa shape index (κ2) is 6.59. The molecule has 4 rings (SSSR count). The van der Waals surface area contributed by atoms with Crippen molar-refractivity contribution in [1.29, 1.82) is 0 Å². The van der Waals surface area contributed by atoms with E-state index >= 15 is 0 Å². The van der Waals surface area contributed by atoms with Crippen LogP contribution in [0.1, 0.15) is 32.9 Å². The topological polar surface area (TPSA) is 72.2 Å². The number of aryl methyl sites for hydroxylation is 4. The Labute approximate surface area is 160 Å². The monoisotopic (exact) mass is 377 g/mol. The van der Waals surface area contributed by atoms with Crippen LogP contribution in [-0.4, -0.2) is 25.7 Å². The van der Waals surface area contributed by atoms with E-state index in [0.29, 0.717) is 5.56 Å². The Bertz CT molecular complexity index is 1170. The van der Waals surface area contributed by atoms with Crippen molar-refractivity contribution in [2.24, 2.45) is 0 Å². The first-order valence-corrected chi connectivity index (χ1v) is 9.42. The van der Waals surface area contributed by atoms with Gasteiger partial charge in [-0.25, -0.2) is 0 Å². The molecule has 0 aliphatic rings. The lowest BCUT2D eigenvalue weighted by Gasteiger charge is -2.11. The molecule has 1 amide bonds. The van der Waals surface area contributed by atoms with Crippen molar-refractivity contribution >= 4 is 27.9 Å². The summed E-state index contributed by atoms with van der Waals surface area (Å²) in [4.78, 5) is 13.4. The molecule has 6 nitrogen and oxygen atoms in total. The molecule has 0 saturated carbocycles. The van der Waals surface area contributed by atoms with Gasteiger partial charge in [0.15, 0.2) is 5.82 Å². The Morgan fingerprint density at radius 2 is 1.74 bits per heavy atom. The van der Waals surface area contributed by atoms with E-state index < -0.39 is 0 Å². The molecule has 0 spiro atoms. The van der Waals surface area contributed by atoms with Crippen LogP contribution in [-0.2, 0) is 0 Å². The van der Waals surface area contributed by atoms with E-state index in [1.807, 2.05) is 64.1 Å². The molecule has 136 valence electrons. The number of nitrogens with zero attached hydrogens (tertiary/aromatic N) is 4. The summed E-state index contributed by atoms with van der Waals surface area (Å²) >= 11 is 1.47. The highest BCUT2D eigenvalue weighted by Crippen LogP contribution is 2.29. The van der Waals surface area contributed by atoms with Gasteiger partial charge in [-0.3, -0.25) is 4.79 Å². The van der Waals surface area contributed by atoms with Gasteiger partial charge in [0.05, 0.1) is 0 Å². The molecule has 7 heteroatoms. The molecule has 0 fully saturated rings. The quantitative estimate of drug-likeness (QED) is 0.576. The van der Waals surface area contributed by atoms with E-state index in [-0.39, 0.29) is 5.91 Å². The van der Waals surface area contributed by atoms with Gasteiger partial charge < -0.3 is 5.32 Å². The van der Waals surface area contributed by atoms with Gasteiger partial charge in [0.1, 0.15) is 5.01 Å². The van der Waals surface area contributed by atoms with E-state index in [9.17, 15) is 4.79 Å². The highest BCUT2D eigenvalue weighted by molar-refractivity contribution is 7.19. The highest BCUT2D eigenvalue weighted by Gasteiger charge is 2.13. The van der Waals surface area contributed by atoms with Crippen molar-refractivity contribution in [2.75, 3.05) is 5.32 Å². The molecule has 0 aliphatic heterocycles. The van der Waals surface area contributed by atoms with Crippen LogP contribution >= 0.6 is 11.3 Å². The van der Waals surface area contributed by atoms with Gasteiger partial charge in [0.25, 0.3) is 5.91 Å². The third-order valence-electron chi connectivity index (χ3n) is 4.65. The number of hydrogen-bond acceptors (Lipinski definition) is 5. The first-order chi connectivity index (χ1) is 12.9. The Hall–Kier alpha value is -3.06. The molecule has 27 heavy (non-hydrogen) atoms. The van der Waals surface area contributed by atoms with Crippen LogP contribution < -0.4 is 5.32 Å². The molecule has 0 atom stereocenters. The van der Waals surface area contributed by atoms with Gasteiger partial charge in [-0.05, 0) is 62.6 Å². The lowest BCUT2D eigenvalue weighted by Crippen LogP contribution is -2.13. The smallest absolute Gasteiger partial charge is 0.255 e. The van der Waals surface area contributed by atoms with Crippen LogP contribution in [0.3, 0.4) is 0 Å². The minimum Gasteiger partial charge on any atom is -0.322 e. The van der Waals surface area contributed by atoms with E-state index in [1.165, 1.54) is 16.9 Å². The molecule has 1 N–H and O–H groups in total. The zero-order chi connectivity index (χ0) is 19.1. The van der Waals surface area contributed by atoms with Gasteiger partial charge in [-0.1, -0.05) is 29.5 Å². The maximum absolute atomic E-state index is 12.7. The number of benzene rings is 2. The van der Waals surface area contributed by atoms with Gasteiger partial charge in [-0.15, -0.1) is 10.2 Å². The summed E-state index contributed by atoms with van der Waals surface area (Å²) in [6.45, 7) is 7.89. The summed E-state index contributed by atoms with van der Waals surface area (Å²) in [5.41, 5.74) is 5.63. The third kappa shape index (κ3) is 3.21. The predicted octanol–water partition coefficient (Wildman–Crippen LogP) is 4.34. The number of aromatic nitrogens is 4. The SMILES string of the molecule is Cc1ccc(C(=O)Nc2cc(-c3nn4c(C)nnc4s3)ccc2C)cc1C. The Morgan fingerprint density at radius 3 is 2.48 bits per heavy atom. The van der Waals surface area contributed by atoms with Crippen molar-refractivity contribution in [1.82, 2.24) is 19.8 Å². The van der Waals surface area contributed by atoms with Crippen LogP contribution in [0.25, 0.3) is 15.5 Å². The van der Waals surface area contributed by atoms with Crippen LogP contribution in [0.4, 0.5) is 5.69 Å². The molecule has 0 bridgehead atoms. The fourth-order valence-electron chi connectivity index (χ4n) is 2.80. The van der Waals surface area contributed by atoms with Crippen molar-refractivity contribution in [3.8, 4) is 10.6 Å². The lowest BCUT2D eigenvalue weighted by molar-refractivity contribution is 0.102. The number of hydrogen-bond donors (Lipinski definition) is 1. The van der Waals surface area contributed by atoms with Crippen LogP contribution in [0.2, 0.25) is 0 Å². The Balaban J connectivity index is 1.65. The number of carbonyl (C=O) groups excluding carboxylic acids is 1. The van der Waals surface area contributed by atoms with Crippen molar-refractivity contribution in [3.05, 3.63) is 64.5 Å². The van der Waals surface area contributed by atoms with Crippen molar-refractivity contribution in [3.63, 3.8) is 0 Å². The van der Waals surface area contributed by atoms with Gasteiger partial charge in [-0.2, -0.15) is 9.61 Å². The first kappa shape index (κ1) is 17.4. The van der Waals surface area contributed by atoms with Crippen molar-refractivity contribution in [2.45, 2.75) is 27.7 Å². The number of amides is 1.